The Labute approximate surface area is 82.6 Å². The molecule has 0 spiro atoms. The minimum Gasteiger partial charge on any atom is -0.497 e. The van der Waals surface area contributed by atoms with E-state index in [1.165, 1.54) is 0 Å². The Morgan fingerprint density at radius 1 is 1.43 bits per heavy atom. The fourth-order valence-electron chi connectivity index (χ4n) is 1.61. The van der Waals surface area contributed by atoms with E-state index in [1.807, 2.05) is 6.07 Å². The largest absolute Gasteiger partial charge is 0.497 e. The predicted molar refractivity (Wildman–Crippen MR) is 51.6 cm³/mol. The van der Waals surface area contributed by atoms with Gasteiger partial charge in [0.25, 0.3) is 0 Å². The Kier molecular flexibility index (Phi) is 2.39. The number of methoxy groups -OCH3 is 1. The molecule has 0 radical (unpaired) electrons. The zero-order valence-electron chi connectivity index (χ0n) is 8.08. The van der Waals surface area contributed by atoms with Crippen molar-refractivity contribution < 1.29 is 14.3 Å². The summed E-state index contributed by atoms with van der Waals surface area (Å²) in [6.07, 6.45) is 1.75. The second-order valence-corrected chi connectivity index (χ2v) is 3.26. The van der Waals surface area contributed by atoms with Gasteiger partial charge in [-0.05, 0) is 36.6 Å². The van der Waals surface area contributed by atoms with Gasteiger partial charge in [0.15, 0.2) is 0 Å². The molecule has 1 heterocycles. The first-order valence-corrected chi connectivity index (χ1v) is 4.65. The minimum atomic E-state index is -0.222. The van der Waals surface area contributed by atoms with Crippen molar-refractivity contribution in [2.24, 2.45) is 0 Å². The molecule has 1 aromatic rings. The number of cyclic esters (lactones) is 1. The highest BCUT2D eigenvalue weighted by molar-refractivity contribution is 5.91. The van der Waals surface area contributed by atoms with Crippen LogP contribution in [0.5, 0.6) is 5.75 Å². The van der Waals surface area contributed by atoms with E-state index in [1.54, 1.807) is 19.2 Å². The third-order valence-corrected chi connectivity index (χ3v) is 2.36. The summed E-state index contributed by atoms with van der Waals surface area (Å²) in [6.45, 7) is 0.510. The van der Waals surface area contributed by atoms with Crippen LogP contribution in [0, 0.1) is 0 Å². The van der Waals surface area contributed by atoms with Gasteiger partial charge in [-0.3, -0.25) is 0 Å². The topological polar surface area (TPSA) is 35.5 Å². The molecule has 0 aliphatic carbocycles. The van der Waals surface area contributed by atoms with Crippen LogP contribution >= 0.6 is 0 Å². The van der Waals surface area contributed by atoms with Gasteiger partial charge in [0.05, 0.1) is 19.3 Å². The summed E-state index contributed by atoms with van der Waals surface area (Å²) in [7, 11) is 1.62. The lowest BCUT2D eigenvalue weighted by Gasteiger charge is -2.05. The van der Waals surface area contributed by atoms with Gasteiger partial charge in [-0.15, -0.1) is 0 Å². The number of esters is 1. The summed E-state index contributed by atoms with van der Waals surface area (Å²) >= 11 is 0. The molecule has 0 aromatic heterocycles. The minimum absolute atomic E-state index is 0.222. The SMILES string of the molecule is COc1ccc2c(c1)CCCOC2=O. The van der Waals surface area contributed by atoms with E-state index in [0.717, 1.165) is 24.2 Å². The summed E-state index contributed by atoms with van der Waals surface area (Å²) in [5.41, 5.74) is 1.69. The average molecular weight is 192 g/mol. The summed E-state index contributed by atoms with van der Waals surface area (Å²) < 4.78 is 10.1. The number of carbonyl (C=O) groups is 1. The molecule has 0 fully saturated rings. The van der Waals surface area contributed by atoms with Crippen LogP contribution in [0.15, 0.2) is 18.2 Å². The Balaban J connectivity index is 2.43. The second kappa shape index (κ2) is 3.70. The zero-order valence-corrected chi connectivity index (χ0v) is 8.08. The van der Waals surface area contributed by atoms with Crippen molar-refractivity contribution in [3.8, 4) is 5.75 Å². The highest BCUT2D eigenvalue weighted by atomic mass is 16.5. The first-order chi connectivity index (χ1) is 6.81. The quantitative estimate of drug-likeness (QED) is 0.636. The Morgan fingerprint density at radius 3 is 3.07 bits per heavy atom. The molecule has 3 nitrogen and oxygen atoms in total. The molecule has 2 rings (SSSR count). The third kappa shape index (κ3) is 1.58. The lowest BCUT2D eigenvalue weighted by Crippen LogP contribution is -2.04. The average Bonchev–Trinajstić information content (AvgIpc) is 2.40. The first-order valence-electron chi connectivity index (χ1n) is 4.65. The number of aryl methyl sites for hydroxylation is 1. The molecule has 3 heteroatoms. The van der Waals surface area contributed by atoms with Crippen LogP contribution in [0.2, 0.25) is 0 Å². The Morgan fingerprint density at radius 2 is 2.29 bits per heavy atom. The van der Waals surface area contributed by atoms with Crippen LogP contribution in [0.1, 0.15) is 22.3 Å². The number of rotatable bonds is 1. The second-order valence-electron chi connectivity index (χ2n) is 3.26. The van der Waals surface area contributed by atoms with Gasteiger partial charge in [-0.25, -0.2) is 4.79 Å². The summed E-state index contributed by atoms with van der Waals surface area (Å²) in [4.78, 5) is 11.4. The maximum Gasteiger partial charge on any atom is 0.338 e. The molecule has 0 saturated heterocycles. The van der Waals surface area contributed by atoms with Crippen molar-refractivity contribution in [1.29, 1.82) is 0 Å². The normalized spacial score (nSPS) is 15.4. The third-order valence-electron chi connectivity index (χ3n) is 2.36. The zero-order chi connectivity index (χ0) is 9.97. The van der Waals surface area contributed by atoms with Crippen molar-refractivity contribution in [3.05, 3.63) is 29.3 Å². The summed E-state index contributed by atoms with van der Waals surface area (Å²) in [5.74, 6) is 0.568. The van der Waals surface area contributed by atoms with Crippen molar-refractivity contribution in [1.82, 2.24) is 0 Å². The van der Waals surface area contributed by atoms with E-state index in [4.69, 9.17) is 9.47 Å². The van der Waals surface area contributed by atoms with E-state index >= 15 is 0 Å². The highest BCUT2D eigenvalue weighted by Crippen LogP contribution is 2.22. The summed E-state index contributed by atoms with van der Waals surface area (Å²) in [6, 6.07) is 5.45. The van der Waals surface area contributed by atoms with Crippen molar-refractivity contribution >= 4 is 5.97 Å². The van der Waals surface area contributed by atoms with Crippen LogP contribution < -0.4 is 4.74 Å². The van der Waals surface area contributed by atoms with E-state index in [9.17, 15) is 4.79 Å². The molecule has 1 aliphatic rings. The Bertz CT molecular complexity index is 358. The van der Waals surface area contributed by atoms with E-state index in [0.29, 0.717) is 12.2 Å². The van der Waals surface area contributed by atoms with Gasteiger partial charge in [0.1, 0.15) is 5.75 Å². The maximum atomic E-state index is 11.4. The van der Waals surface area contributed by atoms with Gasteiger partial charge in [-0.2, -0.15) is 0 Å². The number of carbonyl (C=O) groups excluding carboxylic acids is 1. The van der Waals surface area contributed by atoms with Gasteiger partial charge >= 0.3 is 5.97 Å². The maximum absolute atomic E-state index is 11.4. The lowest BCUT2D eigenvalue weighted by molar-refractivity contribution is 0.0513. The Hall–Kier alpha value is -1.51. The van der Waals surface area contributed by atoms with Crippen LogP contribution in [0.3, 0.4) is 0 Å². The van der Waals surface area contributed by atoms with Gasteiger partial charge < -0.3 is 9.47 Å². The highest BCUT2D eigenvalue weighted by Gasteiger charge is 2.16. The number of ether oxygens (including phenoxy) is 2. The molecule has 0 saturated carbocycles. The van der Waals surface area contributed by atoms with Gasteiger partial charge in [0.2, 0.25) is 0 Å². The number of hydrogen-bond acceptors (Lipinski definition) is 3. The molecule has 74 valence electrons. The lowest BCUT2D eigenvalue weighted by atomic mass is 10.0. The van der Waals surface area contributed by atoms with Crippen molar-refractivity contribution in [3.63, 3.8) is 0 Å². The standard InChI is InChI=1S/C11H12O3/c1-13-9-4-5-10-8(7-9)3-2-6-14-11(10)12/h4-5,7H,2-3,6H2,1H3. The van der Waals surface area contributed by atoms with Gasteiger partial charge in [-0.1, -0.05) is 0 Å². The fraction of sp³-hybridized carbons (Fsp3) is 0.364. The van der Waals surface area contributed by atoms with Crippen LogP contribution in [0.4, 0.5) is 0 Å². The molecule has 0 N–H and O–H groups in total. The van der Waals surface area contributed by atoms with E-state index in [2.05, 4.69) is 0 Å². The van der Waals surface area contributed by atoms with E-state index in [-0.39, 0.29) is 5.97 Å². The monoisotopic (exact) mass is 192 g/mol. The summed E-state index contributed by atoms with van der Waals surface area (Å²) in [5, 5.41) is 0. The van der Waals surface area contributed by atoms with Crippen molar-refractivity contribution in [2.45, 2.75) is 12.8 Å². The molecular weight excluding hydrogens is 180 g/mol. The number of benzene rings is 1. The molecule has 0 bridgehead atoms. The predicted octanol–water partition coefficient (Wildman–Crippen LogP) is 1.80. The fourth-order valence-corrected chi connectivity index (χ4v) is 1.61. The first kappa shape index (κ1) is 9.06. The van der Waals surface area contributed by atoms with E-state index < -0.39 is 0 Å². The molecule has 14 heavy (non-hydrogen) atoms. The number of fused-ring (bicyclic) bond motifs is 1. The van der Waals surface area contributed by atoms with Crippen molar-refractivity contribution in [2.75, 3.05) is 13.7 Å². The van der Waals surface area contributed by atoms with Crippen LogP contribution in [-0.4, -0.2) is 19.7 Å². The van der Waals surface area contributed by atoms with Gasteiger partial charge in [0, 0.05) is 0 Å². The molecule has 0 atom stereocenters. The molecule has 1 aromatic carbocycles. The van der Waals surface area contributed by atoms with Crippen LogP contribution in [0.25, 0.3) is 0 Å². The molecule has 0 amide bonds. The number of hydrogen-bond donors (Lipinski definition) is 0. The smallest absolute Gasteiger partial charge is 0.338 e. The molecule has 1 aliphatic heterocycles. The van der Waals surface area contributed by atoms with Crippen LogP contribution in [-0.2, 0) is 11.2 Å². The molecular formula is C11H12O3. The molecule has 0 unspecified atom stereocenters.